The third-order valence-corrected chi connectivity index (χ3v) is 5.08. The van der Waals surface area contributed by atoms with E-state index in [9.17, 15) is 9.59 Å². The van der Waals surface area contributed by atoms with Crippen molar-refractivity contribution < 1.29 is 14.3 Å². The molecule has 0 spiro atoms. The predicted molar refractivity (Wildman–Crippen MR) is 108 cm³/mol. The standard InChI is InChI=1S/C22H34N2O3/c1-16(2)21(26)24-11-7-10-23(12-13-24)20(25)15-17-8-9-19(27-6)18(14-17)22(3,4)5/h8-9,14,16H,7,10-13,15H2,1-6H3. The minimum Gasteiger partial charge on any atom is -0.496 e. The molecule has 27 heavy (non-hydrogen) atoms. The number of hydrogen-bond donors (Lipinski definition) is 0. The second-order valence-corrected chi connectivity index (χ2v) is 8.68. The van der Waals surface area contributed by atoms with E-state index in [1.807, 2.05) is 35.8 Å². The fourth-order valence-corrected chi connectivity index (χ4v) is 3.49. The number of rotatable bonds is 4. The van der Waals surface area contributed by atoms with Crippen LogP contribution in [0.3, 0.4) is 0 Å². The number of ether oxygens (including phenoxy) is 1. The second-order valence-electron chi connectivity index (χ2n) is 8.68. The van der Waals surface area contributed by atoms with Crippen LogP contribution in [0, 0.1) is 5.92 Å². The van der Waals surface area contributed by atoms with Gasteiger partial charge < -0.3 is 14.5 Å². The van der Waals surface area contributed by atoms with Gasteiger partial charge in [0.1, 0.15) is 5.75 Å². The molecule has 150 valence electrons. The Hall–Kier alpha value is -2.04. The molecule has 0 bridgehead atoms. The summed E-state index contributed by atoms with van der Waals surface area (Å²) in [6.45, 7) is 13.0. The summed E-state index contributed by atoms with van der Waals surface area (Å²) in [6, 6.07) is 6.01. The lowest BCUT2D eigenvalue weighted by Gasteiger charge is -2.25. The van der Waals surface area contributed by atoms with E-state index < -0.39 is 0 Å². The molecule has 0 radical (unpaired) electrons. The Morgan fingerprint density at radius 3 is 2.30 bits per heavy atom. The van der Waals surface area contributed by atoms with Gasteiger partial charge in [0, 0.05) is 32.1 Å². The normalized spacial score (nSPS) is 15.7. The average Bonchev–Trinajstić information content (AvgIpc) is 2.86. The van der Waals surface area contributed by atoms with Gasteiger partial charge in [0.05, 0.1) is 13.5 Å². The van der Waals surface area contributed by atoms with Gasteiger partial charge in [0.15, 0.2) is 0 Å². The first-order valence-corrected chi connectivity index (χ1v) is 9.87. The minimum absolute atomic E-state index is 0.00219. The highest BCUT2D eigenvalue weighted by Gasteiger charge is 2.24. The van der Waals surface area contributed by atoms with Gasteiger partial charge in [-0.05, 0) is 29.0 Å². The lowest BCUT2D eigenvalue weighted by molar-refractivity contribution is -0.135. The highest BCUT2D eigenvalue weighted by atomic mass is 16.5. The zero-order chi connectivity index (χ0) is 20.2. The summed E-state index contributed by atoms with van der Waals surface area (Å²) in [6.07, 6.45) is 1.21. The molecule has 0 saturated carbocycles. The molecule has 1 saturated heterocycles. The number of amides is 2. The van der Waals surface area contributed by atoms with Crippen molar-refractivity contribution in [2.75, 3.05) is 33.3 Å². The van der Waals surface area contributed by atoms with Crippen LogP contribution in [-0.2, 0) is 21.4 Å². The van der Waals surface area contributed by atoms with Crippen LogP contribution in [0.5, 0.6) is 5.75 Å². The number of hydrogen-bond acceptors (Lipinski definition) is 3. The first-order valence-electron chi connectivity index (χ1n) is 9.87. The van der Waals surface area contributed by atoms with E-state index in [0.717, 1.165) is 29.8 Å². The number of methoxy groups -OCH3 is 1. The van der Waals surface area contributed by atoms with Gasteiger partial charge in [0.2, 0.25) is 11.8 Å². The van der Waals surface area contributed by atoms with Gasteiger partial charge in [-0.25, -0.2) is 0 Å². The van der Waals surface area contributed by atoms with E-state index >= 15 is 0 Å². The maximum Gasteiger partial charge on any atom is 0.227 e. The lowest BCUT2D eigenvalue weighted by Crippen LogP contribution is -2.39. The molecule has 0 aromatic heterocycles. The van der Waals surface area contributed by atoms with Crippen molar-refractivity contribution in [3.05, 3.63) is 29.3 Å². The molecule has 5 nitrogen and oxygen atoms in total. The quantitative estimate of drug-likeness (QED) is 0.813. The lowest BCUT2D eigenvalue weighted by atomic mass is 9.85. The maximum atomic E-state index is 12.8. The van der Waals surface area contributed by atoms with Crippen LogP contribution >= 0.6 is 0 Å². The number of nitrogens with zero attached hydrogens (tertiary/aromatic N) is 2. The van der Waals surface area contributed by atoms with Crippen LogP contribution in [0.2, 0.25) is 0 Å². The molecule has 2 rings (SSSR count). The fourth-order valence-electron chi connectivity index (χ4n) is 3.49. The molecule has 0 unspecified atom stereocenters. The van der Waals surface area contributed by atoms with E-state index in [1.165, 1.54) is 0 Å². The molecule has 1 fully saturated rings. The monoisotopic (exact) mass is 374 g/mol. The molecule has 1 aliphatic heterocycles. The van der Waals surface area contributed by atoms with Gasteiger partial charge in [-0.3, -0.25) is 9.59 Å². The van der Waals surface area contributed by atoms with E-state index in [-0.39, 0.29) is 23.1 Å². The molecule has 5 heteroatoms. The Morgan fingerprint density at radius 2 is 1.70 bits per heavy atom. The van der Waals surface area contributed by atoms with Crippen molar-refractivity contribution in [1.82, 2.24) is 9.80 Å². The smallest absolute Gasteiger partial charge is 0.227 e. The molecule has 2 amide bonds. The van der Waals surface area contributed by atoms with Crippen LogP contribution in [0.1, 0.15) is 52.2 Å². The Balaban J connectivity index is 2.06. The van der Waals surface area contributed by atoms with Crippen molar-refractivity contribution in [3.63, 3.8) is 0 Å². The van der Waals surface area contributed by atoms with E-state index in [4.69, 9.17) is 4.74 Å². The van der Waals surface area contributed by atoms with Gasteiger partial charge in [-0.2, -0.15) is 0 Å². The molecule has 0 atom stereocenters. The number of carbonyl (C=O) groups is 2. The van der Waals surface area contributed by atoms with Gasteiger partial charge in [0.25, 0.3) is 0 Å². The Morgan fingerprint density at radius 1 is 1.07 bits per heavy atom. The Bertz CT molecular complexity index is 677. The van der Waals surface area contributed by atoms with Crippen molar-refractivity contribution in [1.29, 1.82) is 0 Å². The largest absolute Gasteiger partial charge is 0.496 e. The topological polar surface area (TPSA) is 49.9 Å². The third kappa shape index (κ3) is 5.47. The molecule has 1 aromatic carbocycles. The summed E-state index contributed by atoms with van der Waals surface area (Å²) >= 11 is 0. The molecular weight excluding hydrogens is 340 g/mol. The predicted octanol–water partition coefficient (Wildman–Crippen LogP) is 3.25. The van der Waals surface area contributed by atoms with Crippen LogP contribution in [0.15, 0.2) is 18.2 Å². The molecule has 1 aliphatic rings. The first kappa shape index (κ1) is 21.3. The van der Waals surface area contributed by atoms with E-state index in [0.29, 0.717) is 26.1 Å². The van der Waals surface area contributed by atoms with Crippen LogP contribution in [-0.4, -0.2) is 54.9 Å². The Kier molecular flexibility index (Phi) is 6.90. The molecular formula is C22H34N2O3. The number of carbonyl (C=O) groups excluding carboxylic acids is 2. The van der Waals surface area contributed by atoms with Crippen molar-refractivity contribution in [3.8, 4) is 5.75 Å². The highest BCUT2D eigenvalue weighted by molar-refractivity contribution is 5.80. The van der Waals surface area contributed by atoms with Crippen LogP contribution in [0.25, 0.3) is 0 Å². The summed E-state index contributed by atoms with van der Waals surface area (Å²) in [5, 5.41) is 0. The summed E-state index contributed by atoms with van der Waals surface area (Å²) in [5.41, 5.74) is 2.06. The molecule has 1 aromatic rings. The summed E-state index contributed by atoms with van der Waals surface area (Å²) in [7, 11) is 1.68. The molecule has 0 aliphatic carbocycles. The fraction of sp³-hybridized carbons (Fsp3) is 0.636. The van der Waals surface area contributed by atoms with Crippen LogP contribution in [0.4, 0.5) is 0 Å². The molecule has 0 N–H and O–H groups in total. The van der Waals surface area contributed by atoms with Crippen molar-refractivity contribution in [2.24, 2.45) is 5.92 Å². The number of benzene rings is 1. The summed E-state index contributed by atoms with van der Waals surface area (Å²) in [5.74, 6) is 1.16. The highest BCUT2D eigenvalue weighted by Crippen LogP contribution is 2.32. The van der Waals surface area contributed by atoms with Crippen molar-refractivity contribution >= 4 is 11.8 Å². The first-order chi connectivity index (χ1) is 12.6. The summed E-state index contributed by atoms with van der Waals surface area (Å²) in [4.78, 5) is 28.8. The van der Waals surface area contributed by atoms with Crippen LogP contribution < -0.4 is 4.74 Å². The minimum atomic E-state index is -0.0509. The van der Waals surface area contributed by atoms with Gasteiger partial charge >= 0.3 is 0 Å². The second kappa shape index (κ2) is 8.77. The third-order valence-electron chi connectivity index (χ3n) is 5.08. The Labute approximate surface area is 163 Å². The maximum absolute atomic E-state index is 12.8. The zero-order valence-electron chi connectivity index (χ0n) is 17.7. The van der Waals surface area contributed by atoms with E-state index in [2.05, 4.69) is 26.8 Å². The SMILES string of the molecule is COc1ccc(CC(=O)N2CCCN(C(=O)C(C)C)CC2)cc1C(C)(C)C. The average molecular weight is 375 g/mol. The van der Waals surface area contributed by atoms with Gasteiger partial charge in [-0.15, -0.1) is 0 Å². The van der Waals surface area contributed by atoms with Crippen molar-refractivity contribution in [2.45, 2.75) is 52.9 Å². The molecule has 1 heterocycles. The van der Waals surface area contributed by atoms with Gasteiger partial charge in [-0.1, -0.05) is 46.8 Å². The van der Waals surface area contributed by atoms with E-state index in [1.54, 1.807) is 7.11 Å². The zero-order valence-corrected chi connectivity index (χ0v) is 17.7. The summed E-state index contributed by atoms with van der Waals surface area (Å²) < 4.78 is 5.49.